The molecule has 3 rings (SSSR count). The van der Waals surface area contributed by atoms with Crippen molar-refractivity contribution in [2.24, 2.45) is 0 Å². The Kier molecular flexibility index (Phi) is 5.49. The average Bonchev–Trinajstić information content (AvgIpc) is 2.67. The number of nitrogens with one attached hydrogen (secondary N) is 1. The molecule has 0 radical (unpaired) electrons. The number of ether oxygens (including phenoxy) is 1. The molecule has 0 aliphatic carbocycles. The zero-order valence-electron chi connectivity index (χ0n) is 14.1. The minimum absolute atomic E-state index is 0.289. The lowest BCUT2D eigenvalue weighted by atomic mass is 9.90. The van der Waals surface area contributed by atoms with Gasteiger partial charge in [0.25, 0.3) is 0 Å². The van der Waals surface area contributed by atoms with Gasteiger partial charge in [-0.25, -0.2) is 4.79 Å². The van der Waals surface area contributed by atoms with Crippen molar-refractivity contribution in [2.45, 2.75) is 25.4 Å². The van der Waals surface area contributed by atoms with Crippen LogP contribution in [0, 0.1) is 0 Å². The second-order valence-electron chi connectivity index (χ2n) is 6.22. The van der Waals surface area contributed by atoms with Gasteiger partial charge in [-0.15, -0.1) is 0 Å². The summed E-state index contributed by atoms with van der Waals surface area (Å²) in [7, 11) is 1.74. The molecule has 4 heteroatoms. The third kappa shape index (κ3) is 4.15. The van der Waals surface area contributed by atoms with Gasteiger partial charge in [-0.05, 0) is 55.1 Å². The molecule has 0 spiro atoms. The molecule has 1 fully saturated rings. The molecule has 0 bridgehead atoms. The van der Waals surface area contributed by atoms with E-state index in [4.69, 9.17) is 4.74 Å². The van der Waals surface area contributed by atoms with Crippen LogP contribution in [0.25, 0.3) is 0 Å². The summed E-state index contributed by atoms with van der Waals surface area (Å²) in [6.45, 7) is 2.45. The number of carbonyl (C=O) groups excluding carboxylic acids is 1. The number of hydrogen-bond acceptors (Lipinski definition) is 3. The first-order valence-electron chi connectivity index (χ1n) is 8.49. The van der Waals surface area contributed by atoms with Crippen molar-refractivity contribution in [3.8, 4) is 0 Å². The third-order valence-corrected chi connectivity index (χ3v) is 4.57. The number of carbonyl (C=O) groups is 1. The third-order valence-electron chi connectivity index (χ3n) is 4.57. The van der Waals surface area contributed by atoms with Crippen LogP contribution in [-0.4, -0.2) is 26.2 Å². The van der Waals surface area contributed by atoms with Crippen molar-refractivity contribution in [1.82, 2.24) is 5.32 Å². The lowest BCUT2D eigenvalue weighted by Crippen LogP contribution is -2.27. The molecular weight excluding hydrogens is 300 g/mol. The average molecular weight is 324 g/mol. The van der Waals surface area contributed by atoms with Crippen molar-refractivity contribution in [3.63, 3.8) is 0 Å². The van der Waals surface area contributed by atoms with Crippen LogP contribution in [0.15, 0.2) is 54.6 Å². The Hall–Kier alpha value is -2.33. The summed E-state index contributed by atoms with van der Waals surface area (Å²) in [5.74, 6) is 0.621. The topological polar surface area (TPSA) is 41.6 Å². The molecule has 0 aromatic heterocycles. The second kappa shape index (κ2) is 7.97. The van der Waals surface area contributed by atoms with Crippen LogP contribution in [0.2, 0.25) is 0 Å². The smallest absolute Gasteiger partial charge is 0.414 e. The van der Waals surface area contributed by atoms with Crippen molar-refractivity contribution < 1.29 is 9.53 Å². The van der Waals surface area contributed by atoms with Crippen molar-refractivity contribution in [2.75, 3.05) is 25.0 Å². The highest BCUT2D eigenvalue weighted by Gasteiger charge is 2.16. The zero-order valence-corrected chi connectivity index (χ0v) is 14.1. The molecule has 1 amide bonds. The maximum absolute atomic E-state index is 12.2. The predicted octanol–water partition coefficient (Wildman–Crippen LogP) is 3.93. The molecular formula is C20H24N2O2. The van der Waals surface area contributed by atoms with E-state index in [0.29, 0.717) is 5.92 Å². The Bertz CT molecular complexity index is 649. The fourth-order valence-electron chi connectivity index (χ4n) is 3.05. The van der Waals surface area contributed by atoms with E-state index >= 15 is 0 Å². The van der Waals surface area contributed by atoms with Crippen LogP contribution in [0.5, 0.6) is 0 Å². The van der Waals surface area contributed by atoms with E-state index in [1.54, 1.807) is 11.9 Å². The van der Waals surface area contributed by atoms with Gasteiger partial charge in [0.1, 0.15) is 6.61 Å². The highest BCUT2D eigenvalue weighted by atomic mass is 16.6. The van der Waals surface area contributed by atoms with Crippen LogP contribution in [0.3, 0.4) is 0 Å². The SMILES string of the molecule is CN(C(=O)OCc1ccccc1)c1ccc(C2CCNCC2)cc1. The Labute approximate surface area is 143 Å². The number of piperidine rings is 1. The number of amides is 1. The Balaban J connectivity index is 1.57. The fraction of sp³-hybridized carbons (Fsp3) is 0.350. The lowest BCUT2D eigenvalue weighted by molar-refractivity contribution is 0.148. The summed E-state index contributed by atoms with van der Waals surface area (Å²) in [4.78, 5) is 13.7. The van der Waals surface area contributed by atoms with E-state index in [0.717, 1.165) is 24.3 Å². The van der Waals surface area contributed by atoms with Gasteiger partial charge in [0.05, 0.1) is 0 Å². The molecule has 126 valence electrons. The van der Waals surface area contributed by atoms with E-state index in [2.05, 4.69) is 17.4 Å². The van der Waals surface area contributed by atoms with Crippen LogP contribution in [-0.2, 0) is 11.3 Å². The van der Waals surface area contributed by atoms with E-state index in [1.807, 2.05) is 42.5 Å². The van der Waals surface area contributed by atoms with Gasteiger partial charge in [-0.3, -0.25) is 4.90 Å². The van der Waals surface area contributed by atoms with Gasteiger partial charge in [-0.2, -0.15) is 0 Å². The standard InChI is InChI=1S/C20H24N2O2/c1-22(20(23)24-15-16-5-3-2-4-6-16)19-9-7-17(8-10-19)18-11-13-21-14-12-18/h2-10,18,21H,11-15H2,1H3. The first kappa shape index (κ1) is 16.5. The molecule has 4 nitrogen and oxygen atoms in total. The Morgan fingerprint density at radius 2 is 1.75 bits per heavy atom. The highest BCUT2D eigenvalue weighted by Crippen LogP contribution is 2.27. The van der Waals surface area contributed by atoms with Crippen molar-refractivity contribution in [1.29, 1.82) is 0 Å². The van der Waals surface area contributed by atoms with E-state index in [9.17, 15) is 4.79 Å². The molecule has 1 aliphatic rings. The summed E-state index contributed by atoms with van der Waals surface area (Å²) in [5.41, 5.74) is 3.19. The minimum Gasteiger partial charge on any atom is -0.444 e. The molecule has 2 aromatic rings. The molecule has 24 heavy (non-hydrogen) atoms. The molecule has 0 atom stereocenters. The quantitative estimate of drug-likeness (QED) is 0.926. The van der Waals surface area contributed by atoms with Gasteiger partial charge in [0.2, 0.25) is 0 Å². The van der Waals surface area contributed by atoms with Crippen LogP contribution < -0.4 is 10.2 Å². The van der Waals surface area contributed by atoms with Crippen molar-refractivity contribution in [3.05, 3.63) is 65.7 Å². The number of benzene rings is 2. The summed E-state index contributed by atoms with van der Waals surface area (Å²) in [6.07, 6.45) is 2.01. The predicted molar refractivity (Wildman–Crippen MR) is 96.3 cm³/mol. The largest absolute Gasteiger partial charge is 0.444 e. The summed E-state index contributed by atoms with van der Waals surface area (Å²) >= 11 is 0. The fourth-order valence-corrected chi connectivity index (χ4v) is 3.05. The number of rotatable bonds is 4. The van der Waals surface area contributed by atoms with Crippen LogP contribution >= 0.6 is 0 Å². The minimum atomic E-state index is -0.339. The van der Waals surface area contributed by atoms with Crippen molar-refractivity contribution >= 4 is 11.8 Å². The van der Waals surface area contributed by atoms with E-state index in [-0.39, 0.29) is 12.7 Å². The summed E-state index contributed by atoms with van der Waals surface area (Å²) in [5, 5.41) is 3.39. The summed E-state index contributed by atoms with van der Waals surface area (Å²) < 4.78 is 5.37. The number of nitrogens with zero attached hydrogens (tertiary/aromatic N) is 1. The first-order chi connectivity index (χ1) is 11.7. The van der Waals surface area contributed by atoms with E-state index < -0.39 is 0 Å². The maximum atomic E-state index is 12.2. The highest BCUT2D eigenvalue weighted by molar-refractivity contribution is 5.86. The normalized spacial score (nSPS) is 15.0. The first-order valence-corrected chi connectivity index (χ1v) is 8.49. The second-order valence-corrected chi connectivity index (χ2v) is 6.22. The van der Waals surface area contributed by atoms with Gasteiger partial charge in [-0.1, -0.05) is 42.5 Å². The molecule has 0 unspecified atom stereocenters. The maximum Gasteiger partial charge on any atom is 0.414 e. The van der Waals surface area contributed by atoms with Gasteiger partial charge in [0, 0.05) is 12.7 Å². The summed E-state index contributed by atoms with van der Waals surface area (Å²) in [6, 6.07) is 18.0. The molecule has 1 N–H and O–H groups in total. The van der Waals surface area contributed by atoms with Crippen LogP contribution in [0.4, 0.5) is 10.5 Å². The number of hydrogen-bond donors (Lipinski definition) is 1. The molecule has 1 heterocycles. The zero-order chi connectivity index (χ0) is 16.8. The molecule has 2 aromatic carbocycles. The van der Waals surface area contributed by atoms with Gasteiger partial charge >= 0.3 is 6.09 Å². The molecule has 0 saturated carbocycles. The monoisotopic (exact) mass is 324 g/mol. The lowest BCUT2D eigenvalue weighted by Gasteiger charge is -2.24. The van der Waals surface area contributed by atoms with Gasteiger partial charge in [0.15, 0.2) is 0 Å². The number of anilines is 1. The Morgan fingerprint density at radius 3 is 2.42 bits per heavy atom. The molecule has 1 aliphatic heterocycles. The Morgan fingerprint density at radius 1 is 1.08 bits per heavy atom. The van der Waals surface area contributed by atoms with E-state index in [1.165, 1.54) is 18.4 Å². The van der Waals surface area contributed by atoms with Gasteiger partial charge < -0.3 is 10.1 Å². The molecule has 1 saturated heterocycles. The van der Waals surface area contributed by atoms with Crippen LogP contribution in [0.1, 0.15) is 29.9 Å².